The second-order valence-electron chi connectivity index (χ2n) is 7.69. The van der Waals surface area contributed by atoms with E-state index in [4.69, 9.17) is 9.47 Å². The van der Waals surface area contributed by atoms with Crippen molar-refractivity contribution < 1.29 is 27.1 Å². The van der Waals surface area contributed by atoms with Crippen LogP contribution in [0.4, 0.5) is 4.39 Å². The number of nitrogens with zero attached hydrogens (tertiary/aromatic N) is 2. The summed E-state index contributed by atoms with van der Waals surface area (Å²) >= 11 is 0. The summed E-state index contributed by atoms with van der Waals surface area (Å²) in [6, 6.07) is 15.4. The van der Waals surface area contributed by atoms with Crippen molar-refractivity contribution >= 4 is 22.0 Å². The van der Waals surface area contributed by atoms with E-state index in [-0.39, 0.29) is 23.2 Å². The van der Waals surface area contributed by atoms with Crippen molar-refractivity contribution in [2.75, 3.05) is 26.3 Å². The van der Waals surface area contributed by atoms with Crippen molar-refractivity contribution in [2.45, 2.75) is 11.4 Å². The van der Waals surface area contributed by atoms with Crippen LogP contribution in [-0.2, 0) is 26.1 Å². The molecule has 35 heavy (non-hydrogen) atoms. The molecule has 1 saturated heterocycles. The van der Waals surface area contributed by atoms with E-state index in [9.17, 15) is 17.6 Å². The summed E-state index contributed by atoms with van der Waals surface area (Å²) in [7, 11) is -3.56. The van der Waals surface area contributed by atoms with Crippen LogP contribution in [-0.4, -0.2) is 49.9 Å². The summed E-state index contributed by atoms with van der Waals surface area (Å²) in [6.07, 6.45) is 4.54. The Kier molecular flexibility index (Phi) is 7.86. The van der Waals surface area contributed by atoms with Crippen LogP contribution in [0.5, 0.6) is 11.6 Å². The summed E-state index contributed by atoms with van der Waals surface area (Å²) in [6.45, 7) is 1.69. The topological polar surface area (TPSA) is 97.8 Å². The van der Waals surface area contributed by atoms with E-state index in [0.717, 1.165) is 5.56 Å². The standard InChI is InChI=1S/C25H24FN3O5S/c26-21-4-6-22(7-5-21)34-25-17-20(11-12-27-25)18-28-24(30)10-3-19-1-8-23(9-2-19)35(31,32)29-13-15-33-16-14-29/h1-12,17H,13-16,18H2,(H,28,30)/b10-3+. The van der Waals surface area contributed by atoms with E-state index in [0.29, 0.717) is 43.5 Å². The molecule has 0 unspecified atom stereocenters. The predicted octanol–water partition coefficient (Wildman–Crippen LogP) is 3.36. The van der Waals surface area contributed by atoms with Crippen LogP contribution in [0.1, 0.15) is 11.1 Å². The zero-order chi connectivity index (χ0) is 24.7. The molecule has 4 rings (SSSR count). The van der Waals surface area contributed by atoms with E-state index >= 15 is 0 Å². The first-order valence-electron chi connectivity index (χ1n) is 10.9. The third kappa shape index (κ3) is 6.72. The van der Waals surface area contributed by atoms with Gasteiger partial charge >= 0.3 is 0 Å². The number of nitrogens with one attached hydrogen (secondary N) is 1. The molecule has 1 N–H and O–H groups in total. The lowest BCUT2D eigenvalue weighted by atomic mass is 10.2. The molecule has 0 bridgehead atoms. The number of hydrogen-bond acceptors (Lipinski definition) is 6. The lowest BCUT2D eigenvalue weighted by Crippen LogP contribution is -2.40. The van der Waals surface area contributed by atoms with Gasteiger partial charge in [0, 0.05) is 38.0 Å². The van der Waals surface area contributed by atoms with E-state index < -0.39 is 10.0 Å². The molecule has 1 aliphatic heterocycles. The number of morpholine rings is 1. The zero-order valence-corrected chi connectivity index (χ0v) is 19.6. The maximum Gasteiger partial charge on any atom is 0.244 e. The van der Waals surface area contributed by atoms with Gasteiger partial charge in [0.2, 0.25) is 21.8 Å². The molecule has 0 aliphatic carbocycles. The van der Waals surface area contributed by atoms with Crippen molar-refractivity contribution in [3.05, 3.63) is 89.9 Å². The molecule has 2 aromatic carbocycles. The Labute approximate surface area is 203 Å². The third-order valence-corrected chi connectivity index (χ3v) is 7.13. The molecule has 0 atom stereocenters. The van der Waals surface area contributed by atoms with Crippen LogP contribution in [0.15, 0.2) is 77.8 Å². The van der Waals surface area contributed by atoms with Crippen LogP contribution in [0.3, 0.4) is 0 Å². The van der Waals surface area contributed by atoms with Crippen molar-refractivity contribution in [3.63, 3.8) is 0 Å². The van der Waals surface area contributed by atoms with Crippen molar-refractivity contribution in [1.29, 1.82) is 0 Å². The van der Waals surface area contributed by atoms with Gasteiger partial charge in [0.15, 0.2) is 0 Å². The number of carbonyl (C=O) groups is 1. The number of carbonyl (C=O) groups excluding carboxylic acids is 1. The van der Waals surface area contributed by atoms with Gasteiger partial charge in [-0.3, -0.25) is 4.79 Å². The molecule has 1 amide bonds. The average Bonchev–Trinajstić information content (AvgIpc) is 2.88. The number of pyridine rings is 1. The summed E-state index contributed by atoms with van der Waals surface area (Å²) < 4.78 is 50.6. The van der Waals surface area contributed by atoms with Gasteiger partial charge in [-0.1, -0.05) is 12.1 Å². The first-order chi connectivity index (χ1) is 16.9. The van der Waals surface area contributed by atoms with Gasteiger partial charge in [0.05, 0.1) is 18.1 Å². The van der Waals surface area contributed by atoms with Crippen LogP contribution in [0.2, 0.25) is 0 Å². The van der Waals surface area contributed by atoms with Gasteiger partial charge in [-0.25, -0.2) is 17.8 Å². The molecule has 3 aromatic rings. The normalized spacial score (nSPS) is 14.7. The quantitative estimate of drug-likeness (QED) is 0.480. The summed E-state index contributed by atoms with van der Waals surface area (Å²) in [5.74, 6) is 0.106. The maximum absolute atomic E-state index is 13.0. The fourth-order valence-electron chi connectivity index (χ4n) is 3.35. The molecule has 2 heterocycles. The minimum atomic E-state index is -3.56. The van der Waals surface area contributed by atoms with Gasteiger partial charge in [0.1, 0.15) is 11.6 Å². The Morgan fingerprint density at radius 2 is 1.80 bits per heavy atom. The summed E-state index contributed by atoms with van der Waals surface area (Å²) in [5, 5.41) is 2.77. The highest BCUT2D eigenvalue weighted by Gasteiger charge is 2.25. The Bertz CT molecular complexity index is 1290. The number of benzene rings is 2. The monoisotopic (exact) mass is 497 g/mol. The first-order valence-corrected chi connectivity index (χ1v) is 12.4. The first kappa shape index (κ1) is 24.5. The molecule has 1 aliphatic rings. The van der Waals surface area contributed by atoms with E-state index in [1.807, 2.05) is 0 Å². The summed E-state index contributed by atoms with van der Waals surface area (Å²) in [5.41, 5.74) is 1.47. The summed E-state index contributed by atoms with van der Waals surface area (Å²) in [4.78, 5) is 16.6. The molecule has 8 nitrogen and oxygen atoms in total. The lowest BCUT2D eigenvalue weighted by Gasteiger charge is -2.26. The molecular formula is C25H24FN3O5S. The lowest BCUT2D eigenvalue weighted by molar-refractivity contribution is -0.116. The predicted molar refractivity (Wildman–Crippen MR) is 128 cm³/mol. The fraction of sp³-hybridized carbons (Fsp3) is 0.200. The minimum Gasteiger partial charge on any atom is -0.439 e. The van der Waals surface area contributed by atoms with Gasteiger partial charge in [-0.05, 0) is 59.7 Å². The number of amides is 1. The highest BCUT2D eigenvalue weighted by atomic mass is 32.2. The number of halogens is 1. The van der Waals surface area contributed by atoms with Gasteiger partial charge < -0.3 is 14.8 Å². The van der Waals surface area contributed by atoms with Crippen LogP contribution < -0.4 is 10.1 Å². The van der Waals surface area contributed by atoms with Gasteiger partial charge in [-0.2, -0.15) is 4.31 Å². The minimum absolute atomic E-state index is 0.206. The molecule has 0 spiro atoms. The fourth-order valence-corrected chi connectivity index (χ4v) is 4.75. The van der Waals surface area contributed by atoms with Gasteiger partial charge in [-0.15, -0.1) is 0 Å². The van der Waals surface area contributed by atoms with Crippen molar-refractivity contribution in [1.82, 2.24) is 14.6 Å². The molecule has 0 radical (unpaired) electrons. The molecule has 0 saturated carbocycles. The second kappa shape index (κ2) is 11.2. The zero-order valence-electron chi connectivity index (χ0n) is 18.8. The van der Waals surface area contributed by atoms with Crippen LogP contribution in [0.25, 0.3) is 6.08 Å². The largest absolute Gasteiger partial charge is 0.439 e. The Hall–Kier alpha value is -3.60. The number of rotatable bonds is 8. The Morgan fingerprint density at radius 1 is 1.09 bits per heavy atom. The molecule has 182 valence electrons. The Balaban J connectivity index is 1.30. The second-order valence-corrected chi connectivity index (χ2v) is 9.63. The number of ether oxygens (including phenoxy) is 2. The van der Waals surface area contributed by atoms with Gasteiger partial charge in [0.25, 0.3) is 0 Å². The van der Waals surface area contributed by atoms with E-state index in [1.54, 1.807) is 36.5 Å². The molecule has 10 heteroatoms. The smallest absolute Gasteiger partial charge is 0.244 e. The van der Waals surface area contributed by atoms with Crippen LogP contribution >= 0.6 is 0 Å². The molecule has 1 fully saturated rings. The average molecular weight is 498 g/mol. The van der Waals surface area contributed by atoms with Crippen molar-refractivity contribution in [3.8, 4) is 11.6 Å². The third-order valence-electron chi connectivity index (χ3n) is 5.22. The van der Waals surface area contributed by atoms with E-state index in [2.05, 4.69) is 10.3 Å². The van der Waals surface area contributed by atoms with E-state index in [1.165, 1.54) is 46.8 Å². The number of hydrogen-bond donors (Lipinski definition) is 1. The molecular weight excluding hydrogens is 473 g/mol. The highest BCUT2D eigenvalue weighted by Crippen LogP contribution is 2.20. The maximum atomic E-state index is 13.0. The number of aromatic nitrogens is 1. The van der Waals surface area contributed by atoms with Crippen molar-refractivity contribution in [2.24, 2.45) is 0 Å². The van der Waals surface area contributed by atoms with Crippen LogP contribution in [0, 0.1) is 5.82 Å². The molecule has 1 aromatic heterocycles. The SMILES string of the molecule is O=C(/C=C/c1ccc(S(=O)(=O)N2CCOCC2)cc1)NCc1ccnc(Oc2ccc(F)cc2)c1. The highest BCUT2D eigenvalue weighted by molar-refractivity contribution is 7.89. The Morgan fingerprint density at radius 3 is 2.51 bits per heavy atom. The number of sulfonamides is 1.